The monoisotopic (exact) mass is 211 g/mol. The van der Waals surface area contributed by atoms with E-state index in [0.717, 1.165) is 12.8 Å². The normalized spacial score (nSPS) is 41.9. The molecule has 3 aliphatic rings. The summed E-state index contributed by atoms with van der Waals surface area (Å²) in [6.45, 7) is 1.49. The van der Waals surface area contributed by atoms with Crippen LogP contribution in [0, 0.1) is 5.92 Å². The van der Waals surface area contributed by atoms with Crippen LogP contribution in [-0.4, -0.2) is 35.8 Å². The fourth-order valence-corrected chi connectivity index (χ4v) is 3.28. The van der Waals surface area contributed by atoms with Crippen LogP contribution >= 0.6 is 0 Å². The van der Waals surface area contributed by atoms with Gasteiger partial charge in [0.25, 0.3) is 0 Å². The van der Waals surface area contributed by atoms with Crippen molar-refractivity contribution in [3.63, 3.8) is 0 Å². The summed E-state index contributed by atoms with van der Waals surface area (Å²) in [4.78, 5) is 16.8. The molecule has 15 heavy (non-hydrogen) atoms. The molecule has 1 aliphatic heterocycles. The fourth-order valence-electron chi connectivity index (χ4n) is 3.28. The van der Waals surface area contributed by atoms with Crippen LogP contribution in [0.15, 0.2) is 0 Å². The van der Waals surface area contributed by atoms with E-state index in [2.05, 4.69) is 0 Å². The minimum Gasteiger partial charge on any atom is -0.462 e. The van der Waals surface area contributed by atoms with E-state index in [1.165, 1.54) is 19.8 Å². The van der Waals surface area contributed by atoms with Crippen LogP contribution < -0.4 is 0 Å². The van der Waals surface area contributed by atoms with Crippen molar-refractivity contribution in [2.45, 2.75) is 50.4 Å². The average Bonchev–Trinajstić information content (AvgIpc) is 2.70. The van der Waals surface area contributed by atoms with Crippen LogP contribution in [-0.2, 0) is 14.4 Å². The predicted molar refractivity (Wildman–Crippen MR) is 52.9 cm³/mol. The summed E-state index contributed by atoms with van der Waals surface area (Å²) in [7, 11) is 2.00. The van der Waals surface area contributed by atoms with Crippen molar-refractivity contribution in [3.8, 4) is 0 Å². The van der Waals surface area contributed by atoms with Gasteiger partial charge in [0.05, 0.1) is 5.60 Å². The first-order valence-corrected chi connectivity index (χ1v) is 5.70. The zero-order valence-electron chi connectivity index (χ0n) is 9.23. The van der Waals surface area contributed by atoms with Gasteiger partial charge in [0.1, 0.15) is 6.10 Å². The summed E-state index contributed by atoms with van der Waals surface area (Å²) in [5.74, 6) is 0.417. The van der Waals surface area contributed by atoms with Crippen LogP contribution in [0.1, 0.15) is 32.6 Å². The van der Waals surface area contributed by atoms with E-state index in [4.69, 9.17) is 9.57 Å². The van der Waals surface area contributed by atoms with Crippen molar-refractivity contribution in [2.75, 3.05) is 7.05 Å². The molecule has 4 nitrogen and oxygen atoms in total. The van der Waals surface area contributed by atoms with Gasteiger partial charge in [0, 0.05) is 32.4 Å². The Balaban J connectivity index is 1.72. The second kappa shape index (κ2) is 2.95. The molecular formula is C11H17NO3. The Kier molecular flexibility index (Phi) is 1.89. The molecule has 3 fully saturated rings. The quantitative estimate of drug-likeness (QED) is 0.609. The molecule has 3 atom stereocenters. The van der Waals surface area contributed by atoms with Crippen molar-refractivity contribution in [1.82, 2.24) is 5.06 Å². The molecule has 1 saturated heterocycles. The number of carbonyl (C=O) groups excluding carboxylic acids is 1. The fraction of sp³-hybridized carbons (Fsp3) is 0.909. The van der Waals surface area contributed by atoms with Crippen LogP contribution in [0.5, 0.6) is 0 Å². The third-order valence-corrected chi connectivity index (χ3v) is 4.03. The number of rotatable bonds is 1. The van der Waals surface area contributed by atoms with Crippen molar-refractivity contribution in [1.29, 1.82) is 0 Å². The number of ether oxygens (including phenoxy) is 1. The Hall–Kier alpha value is -0.610. The van der Waals surface area contributed by atoms with Crippen molar-refractivity contribution >= 4 is 5.97 Å². The van der Waals surface area contributed by atoms with E-state index in [1.807, 2.05) is 12.1 Å². The zero-order valence-corrected chi connectivity index (χ0v) is 9.23. The summed E-state index contributed by atoms with van der Waals surface area (Å²) < 4.78 is 5.30. The van der Waals surface area contributed by atoms with Gasteiger partial charge in [0.15, 0.2) is 0 Å². The van der Waals surface area contributed by atoms with Gasteiger partial charge in [-0.1, -0.05) is 0 Å². The molecule has 0 bridgehead atoms. The summed E-state index contributed by atoms with van der Waals surface area (Å²) in [6.07, 6.45) is 4.37. The lowest BCUT2D eigenvalue weighted by atomic mass is 9.96. The molecule has 1 heterocycles. The SMILES string of the molecule is CC(=O)O[C@@H]1C[C@@H]2[C@H](C1)C1(CC1)ON2C. The van der Waals surface area contributed by atoms with Crippen LogP contribution in [0.3, 0.4) is 0 Å². The van der Waals surface area contributed by atoms with Gasteiger partial charge >= 0.3 is 5.97 Å². The second-order valence-electron chi connectivity index (χ2n) is 5.08. The van der Waals surface area contributed by atoms with E-state index in [1.54, 1.807) is 0 Å². The number of hydroxylamine groups is 2. The number of hydrogen-bond donors (Lipinski definition) is 0. The summed E-state index contributed by atoms with van der Waals surface area (Å²) in [6, 6.07) is 0.455. The molecule has 3 rings (SSSR count). The number of hydrogen-bond acceptors (Lipinski definition) is 4. The third-order valence-electron chi connectivity index (χ3n) is 4.03. The lowest BCUT2D eigenvalue weighted by molar-refractivity contribution is -0.167. The van der Waals surface area contributed by atoms with Gasteiger partial charge in [-0.2, -0.15) is 5.06 Å². The van der Waals surface area contributed by atoms with Crippen LogP contribution in [0.25, 0.3) is 0 Å². The Labute approximate surface area is 89.5 Å². The molecule has 2 aliphatic carbocycles. The van der Waals surface area contributed by atoms with Crippen LogP contribution in [0.2, 0.25) is 0 Å². The standard InChI is InChI=1S/C11H17NO3/c1-7(13)14-8-5-9-10(6-8)12(2)15-11(9)3-4-11/h8-10H,3-6H2,1-2H3/t8-,9-,10+/m0/s1. The first-order valence-electron chi connectivity index (χ1n) is 5.70. The number of carbonyl (C=O) groups is 1. The average molecular weight is 211 g/mol. The highest BCUT2D eigenvalue weighted by Crippen LogP contribution is 2.58. The van der Waals surface area contributed by atoms with Gasteiger partial charge in [0.2, 0.25) is 0 Å². The van der Waals surface area contributed by atoms with Gasteiger partial charge in [-0.15, -0.1) is 0 Å². The van der Waals surface area contributed by atoms with Gasteiger partial charge in [-0.3, -0.25) is 9.63 Å². The first-order chi connectivity index (χ1) is 7.11. The third kappa shape index (κ3) is 1.39. The second-order valence-corrected chi connectivity index (χ2v) is 5.08. The van der Waals surface area contributed by atoms with E-state index in [0.29, 0.717) is 12.0 Å². The molecule has 0 aromatic rings. The number of fused-ring (bicyclic) bond motifs is 2. The van der Waals surface area contributed by atoms with Gasteiger partial charge < -0.3 is 4.74 Å². The summed E-state index contributed by atoms with van der Waals surface area (Å²) in [5, 5.41) is 1.99. The first kappa shape index (κ1) is 9.60. The number of nitrogens with zero attached hydrogens (tertiary/aromatic N) is 1. The Bertz CT molecular complexity index is 300. The molecule has 0 amide bonds. The highest BCUT2D eigenvalue weighted by molar-refractivity contribution is 5.66. The largest absolute Gasteiger partial charge is 0.462 e. The highest BCUT2D eigenvalue weighted by atomic mass is 16.7. The summed E-state index contributed by atoms with van der Waals surface area (Å²) >= 11 is 0. The molecule has 84 valence electrons. The lowest BCUT2D eigenvalue weighted by Gasteiger charge is -2.18. The Morgan fingerprint density at radius 2 is 2.20 bits per heavy atom. The van der Waals surface area contributed by atoms with Crippen molar-refractivity contribution < 1.29 is 14.4 Å². The molecule has 1 spiro atoms. The maximum Gasteiger partial charge on any atom is 0.302 e. The predicted octanol–water partition coefficient (Wildman–Crippen LogP) is 1.11. The number of esters is 1. The van der Waals surface area contributed by atoms with E-state index >= 15 is 0 Å². The van der Waals surface area contributed by atoms with Crippen molar-refractivity contribution in [3.05, 3.63) is 0 Å². The molecule has 0 aromatic carbocycles. The smallest absolute Gasteiger partial charge is 0.302 e. The lowest BCUT2D eigenvalue weighted by Crippen LogP contribution is -2.26. The topological polar surface area (TPSA) is 38.8 Å². The van der Waals surface area contributed by atoms with E-state index in [-0.39, 0.29) is 17.7 Å². The zero-order chi connectivity index (χ0) is 10.6. The molecule has 0 aromatic heterocycles. The van der Waals surface area contributed by atoms with E-state index < -0.39 is 0 Å². The molecule has 0 N–H and O–H groups in total. The maximum absolute atomic E-state index is 10.9. The van der Waals surface area contributed by atoms with Crippen molar-refractivity contribution in [2.24, 2.45) is 5.92 Å². The van der Waals surface area contributed by atoms with Gasteiger partial charge in [-0.25, -0.2) is 0 Å². The molecule has 2 saturated carbocycles. The van der Waals surface area contributed by atoms with Gasteiger partial charge in [-0.05, 0) is 19.3 Å². The highest BCUT2D eigenvalue weighted by Gasteiger charge is 2.63. The Morgan fingerprint density at radius 1 is 1.47 bits per heavy atom. The maximum atomic E-state index is 10.9. The molecule has 4 heteroatoms. The molecule has 0 unspecified atom stereocenters. The minimum absolute atomic E-state index is 0.112. The molecule has 0 radical (unpaired) electrons. The minimum atomic E-state index is -0.159. The van der Waals surface area contributed by atoms with E-state index in [9.17, 15) is 4.79 Å². The summed E-state index contributed by atoms with van der Waals surface area (Å²) in [5.41, 5.74) is 0.119. The molecular weight excluding hydrogens is 194 g/mol. The Morgan fingerprint density at radius 3 is 2.80 bits per heavy atom. The van der Waals surface area contributed by atoms with Crippen LogP contribution in [0.4, 0.5) is 0 Å².